The highest BCUT2D eigenvalue weighted by atomic mass is 19.3. The lowest BCUT2D eigenvalue weighted by Gasteiger charge is -2.37. The average Bonchev–Trinajstić information content (AvgIpc) is 2.11. The SMILES string of the molecule is CCCNC(COC)(C(C)C)C(F)F. The molecule has 0 aromatic heterocycles. The highest BCUT2D eigenvalue weighted by Gasteiger charge is 2.42. The van der Waals surface area contributed by atoms with Gasteiger partial charge >= 0.3 is 0 Å². The Morgan fingerprint density at radius 3 is 2.21 bits per heavy atom. The third kappa shape index (κ3) is 3.17. The van der Waals surface area contributed by atoms with Crippen LogP contribution in [0.2, 0.25) is 0 Å². The second-order valence-corrected chi connectivity index (χ2v) is 3.86. The van der Waals surface area contributed by atoms with Crippen LogP contribution in [0, 0.1) is 5.92 Å². The lowest BCUT2D eigenvalue weighted by atomic mass is 9.87. The standard InChI is InChI=1S/C10H21F2NO/c1-5-6-13-10(7-14-4,8(2)3)9(11)12/h8-9,13H,5-7H2,1-4H3. The molecule has 0 aliphatic carbocycles. The van der Waals surface area contributed by atoms with Crippen LogP contribution < -0.4 is 5.32 Å². The van der Waals surface area contributed by atoms with Crippen molar-refractivity contribution in [3.8, 4) is 0 Å². The first-order valence-corrected chi connectivity index (χ1v) is 5.03. The largest absolute Gasteiger partial charge is 0.383 e. The van der Waals surface area contributed by atoms with Crippen molar-refractivity contribution in [2.75, 3.05) is 20.3 Å². The van der Waals surface area contributed by atoms with E-state index in [0.29, 0.717) is 6.54 Å². The third-order valence-electron chi connectivity index (χ3n) is 2.51. The van der Waals surface area contributed by atoms with Gasteiger partial charge < -0.3 is 10.1 Å². The second-order valence-electron chi connectivity index (χ2n) is 3.86. The fourth-order valence-corrected chi connectivity index (χ4v) is 1.41. The summed E-state index contributed by atoms with van der Waals surface area (Å²) in [7, 11) is 1.45. The molecular formula is C10H21F2NO. The van der Waals surface area contributed by atoms with Crippen LogP contribution in [0.1, 0.15) is 27.2 Å². The Hall–Kier alpha value is -0.220. The van der Waals surface area contributed by atoms with Crippen molar-refractivity contribution in [1.82, 2.24) is 5.32 Å². The van der Waals surface area contributed by atoms with E-state index in [9.17, 15) is 8.78 Å². The van der Waals surface area contributed by atoms with Gasteiger partial charge in [0.15, 0.2) is 0 Å². The van der Waals surface area contributed by atoms with E-state index < -0.39 is 12.0 Å². The van der Waals surface area contributed by atoms with E-state index in [-0.39, 0.29) is 12.5 Å². The Morgan fingerprint density at radius 2 is 1.93 bits per heavy atom. The molecule has 0 fully saturated rings. The zero-order valence-corrected chi connectivity index (χ0v) is 9.44. The Kier molecular flexibility index (Phi) is 6.20. The fourth-order valence-electron chi connectivity index (χ4n) is 1.41. The van der Waals surface area contributed by atoms with Gasteiger partial charge in [-0.1, -0.05) is 20.8 Å². The minimum absolute atomic E-state index is 0.0440. The van der Waals surface area contributed by atoms with Gasteiger partial charge in [0.2, 0.25) is 0 Å². The normalized spacial score (nSPS) is 16.3. The highest BCUT2D eigenvalue weighted by molar-refractivity contribution is 4.93. The Morgan fingerprint density at radius 1 is 1.36 bits per heavy atom. The van der Waals surface area contributed by atoms with E-state index in [0.717, 1.165) is 6.42 Å². The van der Waals surface area contributed by atoms with Crippen LogP contribution >= 0.6 is 0 Å². The van der Waals surface area contributed by atoms with E-state index in [1.165, 1.54) is 7.11 Å². The summed E-state index contributed by atoms with van der Waals surface area (Å²) in [6.07, 6.45) is -1.57. The maximum Gasteiger partial charge on any atom is 0.258 e. The van der Waals surface area contributed by atoms with Crippen molar-refractivity contribution >= 4 is 0 Å². The maximum absolute atomic E-state index is 13.0. The van der Waals surface area contributed by atoms with E-state index in [4.69, 9.17) is 4.74 Å². The summed E-state index contributed by atoms with van der Waals surface area (Å²) < 4.78 is 30.8. The molecule has 14 heavy (non-hydrogen) atoms. The summed E-state index contributed by atoms with van der Waals surface area (Å²) in [4.78, 5) is 0. The van der Waals surface area contributed by atoms with Crippen molar-refractivity contribution in [2.45, 2.75) is 39.2 Å². The van der Waals surface area contributed by atoms with Gasteiger partial charge in [0.25, 0.3) is 6.43 Å². The summed E-state index contributed by atoms with van der Waals surface area (Å²) in [5.74, 6) is -0.158. The van der Waals surface area contributed by atoms with Crippen LogP contribution in [0.5, 0.6) is 0 Å². The molecule has 0 rings (SSSR count). The van der Waals surface area contributed by atoms with Crippen LogP contribution in [0.25, 0.3) is 0 Å². The van der Waals surface area contributed by atoms with Crippen molar-refractivity contribution in [3.05, 3.63) is 0 Å². The molecule has 1 atom stereocenters. The number of alkyl halides is 2. The first-order valence-electron chi connectivity index (χ1n) is 5.03. The van der Waals surface area contributed by atoms with Crippen molar-refractivity contribution < 1.29 is 13.5 Å². The molecule has 0 bridgehead atoms. The van der Waals surface area contributed by atoms with Gasteiger partial charge in [-0.25, -0.2) is 8.78 Å². The summed E-state index contributed by atoms with van der Waals surface area (Å²) in [5, 5.41) is 2.91. The molecule has 1 unspecified atom stereocenters. The molecule has 0 aromatic carbocycles. The van der Waals surface area contributed by atoms with Crippen LogP contribution in [-0.4, -0.2) is 32.2 Å². The molecule has 0 spiro atoms. The molecule has 0 radical (unpaired) electrons. The first kappa shape index (κ1) is 13.8. The number of ether oxygens (including phenoxy) is 1. The maximum atomic E-state index is 13.0. The summed E-state index contributed by atoms with van der Waals surface area (Å²) in [6, 6.07) is 0. The minimum Gasteiger partial charge on any atom is -0.383 e. The van der Waals surface area contributed by atoms with Crippen molar-refractivity contribution in [1.29, 1.82) is 0 Å². The van der Waals surface area contributed by atoms with Crippen LogP contribution in [0.3, 0.4) is 0 Å². The lowest BCUT2D eigenvalue weighted by Crippen LogP contribution is -2.58. The predicted molar refractivity (Wildman–Crippen MR) is 53.7 cm³/mol. The predicted octanol–water partition coefficient (Wildman–Crippen LogP) is 2.29. The minimum atomic E-state index is -2.41. The van der Waals surface area contributed by atoms with E-state index in [1.54, 1.807) is 13.8 Å². The molecule has 0 saturated heterocycles. The zero-order valence-electron chi connectivity index (χ0n) is 9.44. The van der Waals surface area contributed by atoms with E-state index >= 15 is 0 Å². The van der Waals surface area contributed by atoms with Crippen molar-refractivity contribution in [3.63, 3.8) is 0 Å². The average molecular weight is 209 g/mol. The number of hydrogen-bond acceptors (Lipinski definition) is 2. The Bertz CT molecular complexity index is 143. The molecule has 0 heterocycles. The van der Waals surface area contributed by atoms with Crippen LogP contribution in [0.4, 0.5) is 8.78 Å². The second kappa shape index (κ2) is 6.30. The van der Waals surface area contributed by atoms with Crippen LogP contribution in [0.15, 0.2) is 0 Å². The Balaban J connectivity index is 4.56. The molecule has 0 aromatic rings. The third-order valence-corrected chi connectivity index (χ3v) is 2.51. The Labute approximate surface area is 85.0 Å². The molecule has 0 saturated carbocycles. The summed E-state index contributed by atoms with van der Waals surface area (Å²) in [6.45, 7) is 6.16. The van der Waals surface area contributed by atoms with E-state index in [2.05, 4.69) is 5.32 Å². The molecule has 1 N–H and O–H groups in total. The van der Waals surface area contributed by atoms with Crippen LogP contribution in [-0.2, 0) is 4.74 Å². The molecular weight excluding hydrogens is 188 g/mol. The summed E-state index contributed by atoms with van der Waals surface area (Å²) in [5.41, 5.74) is -1.20. The number of rotatable bonds is 7. The topological polar surface area (TPSA) is 21.3 Å². The first-order chi connectivity index (χ1) is 6.51. The molecule has 4 heteroatoms. The quantitative estimate of drug-likeness (QED) is 0.694. The van der Waals surface area contributed by atoms with Gasteiger partial charge in [-0.05, 0) is 18.9 Å². The molecule has 2 nitrogen and oxygen atoms in total. The number of hydrogen-bond donors (Lipinski definition) is 1. The monoisotopic (exact) mass is 209 g/mol. The van der Waals surface area contributed by atoms with Gasteiger partial charge in [-0.3, -0.25) is 0 Å². The van der Waals surface area contributed by atoms with Gasteiger partial charge in [0.05, 0.1) is 6.61 Å². The van der Waals surface area contributed by atoms with E-state index in [1.807, 2.05) is 6.92 Å². The van der Waals surface area contributed by atoms with Gasteiger partial charge in [-0.2, -0.15) is 0 Å². The van der Waals surface area contributed by atoms with Crippen molar-refractivity contribution in [2.24, 2.45) is 5.92 Å². The smallest absolute Gasteiger partial charge is 0.258 e. The molecule has 0 aliphatic heterocycles. The summed E-state index contributed by atoms with van der Waals surface area (Å²) >= 11 is 0. The highest BCUT2D eigenvalue weighted by Crippen LogP contribution is 2.25. The molecule has 0 aliphatic rings. The number of methoxy groups -OCH3 is 1. The zero-order chi connectivity index (χ0) is 11.2. The lowest BCUT2D eigenvalue weighted by molar-refractivity contribution is -0.0435. The van der Waals surface area contributed by atoms with Gasteiger partial charge in [0.1, 0.15) is 5.54 Å². The number of nitrogens with one attached hydrogen (secondary N) is 1. The molecule has 0 amide bonds. The van der Waals surface area contributed by atoms with Gasteiger partial charge in [-0.15, -0.1) is 0 Å². The van der Waals surface area contributed by atoms with Gasteiger partial charge in [0, 0.05) is 7.11 Å². The number of halogens is 2. The molecule has 86 valence electrons. The fraction of sp³-hybridized carbons (Fsp3) is 1.00.